The number of rotatable bonds is 7. The van der Waals surface area contributed by atoms with E-state index in [4.69, 9.17) is 4.74 Å². The maximum atomic E-state index is 12.2. The van der Waals surface area contributed by atoms with Crippen LogP contribution in [0.1, 0.15) is 41.7 Å². The molecule has 1 N–H and O–H groups in total. The Morgan fingerprint density at radius 2 is 1.81 bits per heavy atom. The number of aryl methyl sites for hydroxylation is 3. The van der Waals surface area contributed by atoms with Gasteiger partial charge in [-0.25, -0.2) is 14.6 Å². The molecule has 2 rings (SSSR count). The highest BCUT2D eigenvalue weighted by Crippen LogP contribution is 2.17. The highest BCUT2D eigenvalue weighted by molar-refractivity contribution is 5.79. The van der Waals surface area contributed by atoms with E-state index in [1.165, 1.54) is 0 Å². The van der Waals surface area contributed by atoms with Crippen LogP contribution < -0.4 is 5.32 Å². The summed E-state index contributed by atoms with van der Waals surface area (Å²) in [6.45, 7) is 9.90. The molecule has 2 heterocycles. The molecule has 0 saturated carbocycles. The van der Waals surface area contributed by atoms with E-state index in [-0.39, 0.29) is 31.3 Å². The van der Waals surface area contributed by atoms with Gasteiger partial charge in [0.1, 0.15) is 0 Å². The number of amides is 1. The van der Waals surface area contributed by atoms with Crippen LogP contribution >= 0.6 is 0 Å². The van der Waals surface area contributed by atoms with Crippen molar-refractivity contribution in [2.24, 2.45) is 0 Å². The molecule has 0 radical (unpaired) electrons. The number of esters is 1. The van der Waals surface area contributed by atoms with E-state index in [2.05, 4.69) is 20.4 Å². The van der Waals surface area contributed by atoms with Crippen LogP contribution in [0.2, 0.25) is 0 Å². The lowest BCUT2D eigenvalue weighted by Gasteiger charge is -2.07. The van der Waals surface area contributed by atoms with Crippen molar-refractivity contribution in [3.63, 3.8) is 0 Å². The zero-order valence-corrected chi connectivity index (χ0v) is 15.9. The van der Waals surface area contributed by atoms with E-state index in [9.17, 15) is 9.59 Å². The minimum absolute atomic E-state index is 0.160. The second-order valence-corrected chi connectivity index (χ2v) is 6.09. The third-order valence-electron chi connectivity index (χ3n) is 3.90. The molecule has 0 fully saturated rings. The van der Waals surface area contributed by atoms with Gasteiger partial charge in [-0.15, -0.1) is 0 Å². The predicted molar refractivity (Wildman–Crippen MR) is 96.1 cm³/mol. The number of carbonyl (C=O) groups is 2. The van der Waals surface area contributed by atoms with Crippen molar-refractivity contribution < 1.29 is 14.3 Å². The van der Waals surface area contributed by atoms with Crippen LogP contribution in [-0.4, -0.2) is 44.8 Å². The van der Waals surface area contributed by atoms with Gasteiger partial charge in [-0.2, -0.15) is 5.10 Å². The van der Waals surface area contributed by atoms with E-state index in [0.29, 0.717) is 12.6 Å². The highest BCUT2D eigenvalue weighted by Gasteiger charge is 2.17. The first kappa shape index (κ1) is 19.6. The molecule has 0 aliphatic heterocycles. The van der Waals surface area contributed by atoms with Gasteiger partial charge in [0.15, 0.2) is 0 Å². The fraction of sp³-hybridized carbons (Fsp3) is 0.500. The zero-order chi connectivity index (χ0) is 19.3. The molecule has 0 spiro atoms. The van der Waals surface area contributed by atoms with Gasteiger partial charge in [0.25, 0.3) is 5.95 Å². The summed E-state index contributed by atoms with van der Waals surface area (Å²) >= 11 is 0. The first-order chi connectivity index (χ1) is 12.3. The van der Waals surface area contributed by atoms with Crippen LogP contribution in [0.4, 0.5) is 0 Å². The molecular formula is C18H25N5O3. The Kier molecular flexibility index (Phi) is 6.43. The number of aromatic nitrogens is 4. The highest BCUT2D eigenvalue weighted by atomic mass is 16.5. The Morgan fingerprint density at radius 1 is 1.15 bits per heavy atom. The summed E-state index contributed by atoms with van der Waals surface area (Å²) in [5.41, 5.74) is 4.14. The van der Waals surface area contributed by atoms with Crippen molar-refractivity contribution in [1.82, 2.24) is 25.1 Å². The molecule has 8 heteroatoms. The molecule has 1 amide bonds. The van der Waals surface area contributed by atoms with Crippen LogP contribution in [0.5, 0.6) is 0 Å². The normalized spacial score (nSPS) is 10.7. The Hall–Kier alpha value is -2.77. The van der Waals surface area contributed by atoms with Gasteiger partial charge >= 0.3 is 5.97 Å². The molecule has 140 valence electrons. The standard InChI is InChI=1S/C18H25N5O3/c1-6-26-17(25)7-8-19-16(24)10-15-13(4)22-23(14(15)5)18-20-11(2)9-12(3)21-18/h9H,6-8,10H2,1-5H3,(H,19,24). The van der Waals surface area contributed by atoms with E-state index in [1.807, 2.05) is 33.8 Å². The molecule has 0 unspecified atom stereocenters. The smallest absolute Gasteiger partial charge is 0.307 e. The average Bonchev–Trinajstić information content (AvgIpc) is 2.82. The minimum atomic E-state index is -0.319. The molecule has 0 atom stereocenters. The lowest BCUT2D eigenvalue weighted by atomic mass is 10.1. The summed E-state index contributed by atoms with van der Waals surface area (Å²) in [7, 11) is 0. The van der Waals surface area contributed by atoms with Crippen LogP contribution in [0.3, 0.4) is 0 Å². The second-order valence-electron chi connectivity index (χ2n) is 6.09. The topological polar surface area (TPSA) is 99.0 Å². The lowest BCUT2D eigenvalue weighted by Crippen LogP contribution is -2.28. The molecule has 2 aromatic rings. The third-order valence-corrected chi connectivity index (χ3v) is 3.90. The van der Waals surface area contributed by atoms with Gasteiger partial charge in [0, 0.05) is 29.2 Å². The van der Waals surface area contributed by atoms with Crippen molar-refractivity contribution in [2.45, 2.75) is 47.5 Å². The summed E-state index contributed by atoms with van der Waals surface area (Å²) in [5, 5.41) is 7.22. The number of nitrogens with zero attached hydrogens (tertiary/aromatic N) is 4. The lowest BCUT2D eigenvalue weighted by molar-refractivity contribution is -0.143. The molecule has 0 aliphatic rings. The quantitative estimate of drug-likeness (QED) is 0.752. The molecule has 0 aliphatic carbocycles. The number of carbonyl (C=O) groups excluding carboxylic acids is 2. The van der Waals surface area contributed by atoms with Crippen molar-refractivity contribution in [3.8, 4) is 5.95 Å². The van der Waals surface area contributed by atoms with E-state index in [0.717, 1.165) is 28.3 Å². The summed E-state index contributed by atoms with van der Waals surface area (Å²) in [5.74, 6) is 0.0124. The van der Waals surface area contributed by atoms with E-state index in [1.54, 1.807) is 11.6 Å². The first-order valence-corrected chi connectivity index (χ1v) is 8.61. The first-order valence-electron chi connectivity index (χ1n) is 8.61. The van der Waals surface area contributed by atoms with Crippen molar-refractivity contribution >= 4 is 11.9 Å². The van der Waals surface area contributed by atoms with Gasteiger partial charge in [0.05, 0.1) is 25.1 Å². The van der Waals surface area contributed by atoms with Gasteiger partial charge in [-0.1, -0.05) is 0 Å². The molecule has 8 nitrogen and oxygen atoms in total. The number of nitrogens with one attached hydrogen (secondary N) is 1. The Bertz CT molecular complexity index is 793. The average molecular weight is 359 g/mol. The maximum Gasteiger partial charge on any atom is 0.307 e. The summed E-state index contributed by atoms with van der Waals surface area (Å²) in [6.07, 6.45) is 0.346. The van der Waals surface area contributed by atoms with Crippen LogP contribution in [-0.2, 0) is 20.7 Å². The van der Waals surface area contributed by atoms with Crippen LogP contribution in [0.15, 0.2) is 6.07 Å². The van der Waals surface area contributed by atoms with Crippen LogP contribution in [0.25, 0.3) is 5.95 Å². The summed E-state index contributed by atoms with van der Waals surface area (Å²) < 4.78 is 6.50. The van der Waals surface area contributed by atoms with Gasteiger partial charge in [-0.05, 0) is 40.7 Å². The Labute approximate surface area is 153 Å². The Morgan fingerprint density at radius 3 is 2.42 bits per heavy atom. The molecular weight excluding hydrogens is 334 g/mol. The monoisotopic (exact) mass is 359 g/mol. The zero-order valence-electron chi connectivity index (χ0n) is 15.9. The molecule has 0 bridgehead atoms. The van der Waals surface area contributed by atoms with Crippen molar-refractivity contribution in [1.29, 1.82) is 0 Å². The SMILES string of the molecule is CCOC(=O)CCNC(=O)Cc1c(C)nn(-c2nc(C)cc(C)n2)c1C. The van der Waals surface area contributed by atoms with Gasteiger partial charge in [0.2, 0.25) is 5.91 Å². The van der Waals surface area contributed by atoms with E-state index >= 15 is 0 Å². The van der Waals surface area contributed by atoms with Gasteiger partial charge in [-0.3, -0.25) is 9.59 Å². The molecule has 2 aromatic heterocycles. The maximum absolute atomic E-state index is 12.2. The minimum Gasteiger partial charge on any atom is -0.466 e. The molecule has 0 aromatic carbocycles. The number of hydrogen-bond donors (Lipinski definition) is 1. The third kappa shape index (κ3) is 4.87. The van der Waals surface area contributed by atoms with Crippen molar-refractivity contribution in [2.75, 3.05) is 13.2 Å². The van der Waals surface area contributed by atoms with Gasteiger partial charge < -0.3 is 10.1 Å². The Balaban J connectivity index is 2.08. The fourth-order valence-electron chi connectivity index (χ4n) is 2.69. The number of hydrogen-bond acceptors (Lipinski definition) is 6. The second kappa shape index (κ2) is 8.55. The van der Waals surface area contributed by atoms with Crippen molar-refractivity contribution in [3.05, 3.63) is 34.4 Å². The largest absolute Gasteiger partial charge is 0.466 e. The number of ether oxygens (including phenoxy) is 1. The summed E-state index contributed by atoms with van der Waals surface area (Å²) in [4.78, 5) is 32.3. The van der Waals surface area contributed by atoms with Crippen LogP contribution in [0, 0.1) is 27.7 Å². The molecule has 0 saturated heterocycles. The van der Waals surface area contributed by atoms with E-state index < -0.39 is 0 Å². The fourth-order valence-corrected chi connectivity index (χ4v) is 2.69. The molecule has 26 heavy (non-hydrogen) atoms. The summed E-state index contributed by atoms with van der Waals surface area (Å²) in [6, 6.07) is 1.90. The predicted octanol–water partition coefficient (Wildman–Crippen LogP) is 1.51.